The molecule has 0 radical (unpaired) electrons. The second kappa shape index (κ2) is 73.4. The van der Waals surface area contributed by atoms with Gasteiger partial charge >= 0.3 is 39.5 Å². The van der Waals surface area contributed by atoms with Gasteiger partial charge in [0.25, 0.3) is 0 Å². The Bertz CT molecular complexity index is 1860. The average Bonchev–Trinajstić information content (AvgIpc) is 0.967. The first-order valence-corrected chi connectivity index (χ1v) is 44.3. The molecule has 0 bridgehead atoms. The van der Waals surface area contributed by atoms with Crippen LogP contribution in [-0.2, 0) is 65.4 Å². The molecule has 0 amide bonds. The predicted octanol–water partition coefficient (Wildman–Crippen LogP) is 23.8. The van der Waals surface area contributed by atoms with Crippen LogP contribution in [0.4, 0.5) is 0 Å². The average molecular weight is 1440 g/mol. The van der Waals surface area contributed by atoms with Gasteiger partial charge in [-0.15, -0.1) is 0 Å². The summed E-state index contributed by atoms with van der Waals surface area (Å²) in [6, 6.07) is 0. The van der Waals surface area contributed by atoms with Crippen molar-refractivity contribution < 1.29 is 80.2 Å². The van der Waals surface area contributed by atoms with Gasteiger partial charge in [0.2, 0.25) is 0 Å². The highest BCUT2D eigenvalue weighted by molar-refractivity contribution is 7.47. The van der Waals surface area contributed by atoms with E-state index in [1.165, 1.54) is 257 Å². The highest BCUT2D eigenvalue weighted by Gasteiger charge is 2.30. The molecule has 5 atom stereocenters. The van der Waals surface area contributed by atoms with Gasteiger partial charge in [0.15, 0.2) is 12.2 Å². The van der Waals surface area contributed by atoms with Crippen molar-refractivity contribution in [2.75, 3.05) is 39.6 Å². The van der Waals surface area contributed by atoms with E-state index >= 15 is 0 Å². The van der Waals surface area contributed by atoms with E-state index in [0.717, 1.165) is 89.9 Å². The molecule has 0 heterocycles. The Morgan fingerprint density at radius 2 is 0.408 bits per heavy atom. The van der Waals surface area contributed by atoms with Crippen LogP contribution in [-0.4, -0.2) is 96.7 Å². The van der Waals surface area contributed by atoms with Crippen molar-refractivity contribution in [3.63, 3.8) is 0 Å². The summed E-state index contributed by atoms with van der Waals surface area (Å²) in [7, 11) is -9.91. The molecular formula is C79H154O17P2. The maximum atomic E-state index is 13.1. The fourth-order valence-electron chi connectivity index (χ4n) is 12.3. The van der Waals surface area contributed by atoms with Crippen molar-refractivity contribution in [3.8, 4) is 0 Å². The molecule has 0 fully saturated rings. The molecule has 0 saturated heterocycles. The van der Waals surface area contributed by atoms with E-state index in [2.05, 4.69) is 27.7 Å². The number of aliphatic hydroxyl groups is 1. The molecule has 0 aromatic rings. The Balaban J connectivity index is 5.19. The second-order valence-corrected chi connectivity index (χ2v) is 31.4. The normalized spacial score (nSPS) is 13.8. The zero-order chi connectivity index (χ0) is 71.8. The van der Waals surface area contributed by atoms with Gasteiger partial charge in [-0.2, -0.15) is 0 Å². The lowest BCUT2D eigenvalue weighted by Crippen LogP contribution is -2.30. The Morgan fingerprint density at radius 1 is 0.245 bits per heavy atom. The van der Waals surface area contributed by atoms with E-state index in [4.69, 9.17) is 37.0 Å². The van der Waals surface area contributed by atoms with E-state index in [0.29, 0.717) is 25.7 Å². The van der Waals surface area contributed by atoms with Crippen LogP contribution < -0.4 is 0 Å². The number of unbranched alkanes of at least 4 members (excludes halogenated alkanes) is 54. The number of rotatable bonds is 80. The molecule has 0 spiro atoms. The van der Waals surface area contributed by atoms with E-state index in [1.54, 1.807) is 0 Å². The monoisotopic (exact) mass is 1440 g/mol. The van der Waals surface area contributed by atoms with E-state index in [-0.39, 0.29) is 25.7 Å². The van der Waals surface area contributed by atoms with Crippen LogP contribution in [0.3, 0.4) is 0 Å². The number of esters is 4. The molecule has 582 valence electrons. The van der Waals surface area contributed by atoms with E-state index in [9.17, 15) is 43.2 Å². The summed E-state index contributed by atoms with van der Waals surface area (Å²) in [6.45, 7) is 4.99. The third-order valence-corrected chi connectivity index (χ3v) is 20.5. The van der Waals surface area contributed by atoms with Crippen LogP contribution in [0, 0.1) is 0 Å². The fraction of sp³-hybridized carbons (Fsp3) is 0.949. The first-order valence-electron chi connectivity index (χ1n) is 41.3. The molecule has 17 nitrogen and oxygen atoms in total. The van der Waals surface area contributed by atoms with Crippen LogP contribution in [0.25, 0.3) is 0 Å². The molecule has 3 N–H and O–H groups in total. The van der Waals surface area contributed by atoms with Crippen LogP contribution in [0.1, 0.15) is 426 Å². The van der Waals surface area contributed by atoms with E-state index in [1.807, 2.05) is 0 Å². The van der Waals surface area contributed by atoms with Crippen molar-refractivity contribution in [1.82, 2.24) is 0 Å². The van der Waals surface area contributed by atoms with E-state index < -0.39 is 97.5 Å². The number of ether oxygens (including phenoxy) is 4. The molecule has 0 saturated carbocycles. The molecule has 98 heavy (non-hydrogen) atoms. The van der Waals surface area contributed by atoms with Crippen molar-refractivity contribution in [3.05, 3.63) is 0 Å². The SMILES string of the molecule is CCCCCCCCCCCCCCCCCCCCCC(=O)O[C@H](COC(=O)CCCCCCCCCCCCCCCCCCCC)COP(=O)(O)OC[C@@H](O)COP(=O)(O)OC[C@@H](COC(=O)CCCCCCCCCC)OC(=O)CCCCCCCCCCCCCCC. The third kappa shape index (κ3) is 72.4. The lowest BCUT2D eigenvalue weighted by molar-refractivity contribution is -0.161. The number of phosphoric ester groups is 2. The number of hydrogen-bond donors (Lipinski definition) is 3. The fourth-order valence-corrected chi connectivity index (χ4v) is 13.9. The molecule has 0 aliphatic rings. The van der Waals surface area contributed by atoms with Gasteiger partial charge in [-0.3, -0.25) is 37.3 Å². The minimum atomic E-state index is -4.96. The third-order valence-electron chi connectivity index (χ3n) is 18.6. The summed E-state index contributed by atoms with van der Waals surface area (Å²) in [5, 5.41) is 10.6. The van der Waals surface area contributed by atoms with Crippen LogP contribution in [0.15, 0.2) is 0 Å². The van der Waals surface area contributed by atoms with Crippen molar-refractivity contribution in [1.29, 1.82) is 0 Å². The van der Waals surface area contributed by atoms with Gasteiger partial charge in [-0.25, -0.2) is 9.13 Å². The molecule has 0 aliphatic carbocycles. The van der Waals surface area contributed by atoms with Gasteiger partial charge < -0.3 is 33.8 Å². The van der Waals surface area contributed by atoms with Gasteiger partial charge in [-0.1, -0.05) is 374 Å². The lowest BCUT2D eigenvalue weighted by Gasteiger charge is -2.21. The molecule has 0 aromatic carbocycles. The summed E-state index contributed by atoms with van der Waals surface area (Å²) in [5.74, 6) is -2.11. The maximum Gasteiger partial charge on any atom is 0.472 e. The topological polar surface area (TPSA) is 237 Å². The summed E-state index contributed by atoms with van der Waals surface area (Å²) in [6.07, 6.45) is 65.3. The number of hydrogen-bond acceptors (Lipinski definition) is 15. The molecule has 0 aliphatic heterocycles. The van der Waals surface area contributed by atoms with Gasteiger partial charge in [-0.05, 0) is 25.7 Å². The van der Waals surface area contributed by atoms with Crippen LogP contribution in [0.2, 0.25) is 0 Å². The summed E-state index contributed by atoms with van der Waals surface area (Å²) >= 11 is 0. The molecule has 19 heteroatoms. The number of phosphoric acid groups is 2. The smallest absolute Gasteiger partial charge is 0.462 e. The maximum absolute atomic E-state index is 13.1. The Morgan fingerprint density at radius 3 is 0.602 bits per heavy atom. The largest absolute Gasteiger partial charge is 0.472 e. The predicted molar refractivity (Wildman–Crippen MR) is 400 cm³/mol. The number of aliphatic hydroxyl groups excluding tert-OH is 1. The highest BCUT2D eigenvalue weighted by Crippen LogP contribution is 2.45. The highest BCUT2D eigenvalue weighted by atomic mass is 31.2. The Kier molecular flexibility index (Phi) is 71.9. The summed E-state index contributed by atoms with van der Waals surface area (Å²) in [5.41, 5.74) is 0. The van der Waals surface area contributed by atoms with Crippen LogP contribution in [0.5, 0.6) is 0 Å². The number of carbonyl (C=O) groups is 4. The van der Waals surface area contributed by atoms with Gasteiger partial charge in [0.05, 0.1) is 26.4 Å². The molecule has 2 unspecified atom stereocenters. The van der Waals surface area contributed by atoms with Gasteiger partial charge in [0.1, 0.15) is 19.3 Å². The lowest BCUT2D eigenvalue weighted by atomic mass is 10.0. The first-order chi connectivity index (χ1) is 47.7. The molecule has 0 aromatic heterocycles. The minimum absolute atomic E-state index is 0.108. The standard InChI is InChI=1S/C79H154O17P2/c1-5-9-13-17-21-25-28-31-33-35-37-39-41-44-47-50-54-58-62-66-79(84)96-75(70-90-77(82)64-60-56-52-48-45-43-40-38-36-34-32-29-26-22-18-14-10-6-2)72-94-98(87,88)92-68-73(80)67-91-97(85,86)93-71-74(69-89-76(81)63-59-55-51-24-20-16-12-8-4)95-78(83)65-61-57-53-49-46-42-30-27-23-19-15-11-7-3/h73-75,80H,5-72H2,1-4H3,(H,85,86)(H,87,88)/t73-,74+,75+/m0/s1. The quantitative estimate of drug-likeness (QED) is 0.0222. The Labute approximate surface area is 600 Å². The second-order valence-electron chi connectivity index (χ2n) is 28.5. The Hall–Kier alpha value is -1.94. The zero-order valence-electron chi connectivity index (χ0n) is 63.8. The van der Waals surface area contributed by atoms with Crippen LogP contribution >= 0.6 is 15.6 Å². The summed E-state index contributed by atoms with van der Waals surface area (Å²) < 4.78 is 68.6. The van der Waals surface area contributed by atoms with Gasteiger partial charge in [0, 0.05) is 25.7 Å². The minimum Gasteiger partial charge on any atom is -0.462 e. The molecular weight excluding hydrogens is 1280 g/mol. The van der Waals surface area contributed by atoms with Crippen molar-refractivity contribution in [2.24, 2.45) is 0 Å². The zero-order valence-corrected chi connectivity index (χ0v) is 65.6. The van der Waals surface area contributed by atoms with Crippen molar-refractivity contribution in [2.45, 2.75) is 444 Å². The first kappa shape index (κ1) is 96.1. The van der Waals surface area contributed by atoms with Crippen molar-refractivity contribution >= 4 is 39.5 Å². The summed E-state index contributed by atoms with van der Waals surface area (Å²) in [4.78, 5) is 72.8. The number of carbonyl (C=O) groups excluding carboxylic acids is 4. The molecule has 0 rings (SSSR count).